The van der Waals surface area contributed by atoms with Crippen molar-refractivity contribution in [3.63, 3.8) is 0 Å². The number of benzene rings is 2. The van der Waals surface area contributed by atoms with E-state index in [9.17, 15) is 18.1 Å². The van der Waals surface area contributed by atoms with Crippen LogP contribution in [-0.2, 0) is 17.2 Å². The molecular weight excluding hydrogens is 270 g/mol. The molecule has 0 amide bonds. The van der Waals surface area contributed by atoms with Crippen LogP contribution in [0.1, 0.15) is 11.1 Å². The predicted octanol–water partition coefficient (Wildman–Crippen LogP) is 3.29. The number of hydrogen-bond donors (Lipinski definition) is 1. The summed E-state index contributed by atoms with van der Waals surface area (Å²) in [6, 6.07) is 10.6. The Labute approximate surface area is 111 Å². The Morgan fingerprint density at radius 3 is 2.58 bits per heavy atom. The second-order valence-electron chi connectivity index (χ2n) is 4.33. The Morgan fingerprint density at radius 2 is 1.84 bits per heavy atom. The number of aromatic hydroxyl groups is 1. The molecule has 2 nitrogen and oxygen atoms in total. The van der Waals surface area contributed by atoms with E-state index in [0.29, 0.717) is 12.0 Å². The molecule has 0 saturated carbocycles. The van der Waals surface area contributed by atoms with Gasteiger partial charge in [-0.25, -0.2) is 4.21 Å². The largest absolute Gasteiger partial charge is 0.506 e. The maximum Gasteiger partial charge on any atom is 0.316 e. The van der Waals surface area contributed by atoms with Gasteiger partial charge in [0.2, 0.25) is 0 Å². The number of alkyl halides is 2. The second kappa shape index (κ2) is 4.42. The van der Waals surface area contributed by atoms with Crippen LogP contribution < -0.4 is 0 Å². The Morgan fingerprint density at radius 1 is 1.11 bits per heavy atom. The van der Waals surface area contributed by atoms with E-state index in [1.54, 1.807) is 6.07 Å². The van der Waals surface area contributed by atoms with Gasteiger partial charge < -0.3 is 5.11 Å². The van der Waals surface area contributed by atoms with Crippen LogP contribution in [0.3, 0.4) is 0 Å². The molecule has 0 aliphatic heterocycles. The van der Waals surface area contributed by atoms with Crippen molar-refractivity contribution in [3.05, 3.63) is 47.5 Å². The van der Waals surface area contributed by atoms with Gasteiger partial charge in [0.1, 0.15) is 16.5 Å². The lowest BCUT2D eigenvalue weighted by molar-refractivity contribution is 0.243. The SMILES string of the molecule is O=S(c1ccc2c(c1O)Cc1ccccc1-2)C(F)F. The van der Waals surface area contributed by atoms with Gasteiger partial charge in [-0.1, -0.05) is 30.3 Å². The van der Waals surface area contributed by atoms with Crippen LogP contribution in [0.5, 0.6) is 5.75 Å². The lowest BCUT2D eigenvalue weighted by Crippen LogP contribution is -2.03. The van der Waals surface area contributed by atoms with E-state index in [4.69, 9.17) is 0 Å². The molecule has 0 spiro atoms. The molecule has 1 atom stereocenters. The number of phenols is 1. The first kappa shape index (κ1) is 12.3. The predicted molar refractivity (Wildman–Crippen MR) is 68.8 cm³/mol. The average molecular weight is 280 g/mol. The summed E-state index contributed by atoms with van der Waals surface area (Å²) in [5.74, 6) is -3.26. The molecule has 1 aliphatic rings. The van der Waals surface area contributed by atoms with E-state index >= 15 is 0 Å². The fourth-order valence-corrected chi connectivity index (χ4v) is 3.14. The van der Waals surface area contributed by atoms with Crippen molar-refractivity contribution in [1.82, 2.24) is 0 Å². The molecule has 0 fully saturated rings. The summed E-state index contributed by atoms with van der Waals surface area (Å²) in [6.07, 6.45) is 0.478. The highest BCUT2D eigenvalue weighted by atomic mass is 32.2. The van der Waals surface area contributed by atoms with E-state index in [1.807, 2.05) is 24.3 Å². The van der Waals surface area contributed by atoms with Gasteiger partial charge >= 0.3 is 5.76 Å². The molecule has 3 rings (SSSR count). The summed E-state index contributed by atoms with van der Waals surface area (Å²) in [4.78, 5) is -0.193. The molecule has 0 saturated heterocycles. The molecule has 1 unspecified atom stereocenters. The monoisotopic (exact) mass is 280 g/mol. The Balaban J connectivity index is 2.15. The van der Waals surface area contributed by atoms with E-state index in [0.717, 1.165) is 16.7 Å². The minimum Gasteiger partial charge on any atom is -0.506 e. The highest BCUT2D eigenvalue weighted by Crippen LogP contribution is 2.43. The smallest absolute Gasteiger partial charge is 0.316 e. The normalized spacial score (nSPS) is 14.3. The van der Waals surface area contributed by atoms with Crippen molar-refractivity contribution in [2.75, 3.05) is 0 Å². The van der Waals surface area contributed by atoms with Crippen molar-refractivity contribution in [1.29, 1.82) is 0 Å². The molecule has 0 bridgehead atoms. The van der Waals surface area contributed by atoms with Gasteiger partial charge in [-0.3, -0.25) is 0 Å². The number of phenolic OH excluding ortho intramolecular Hbond substituents is 1. The standard InChI is InChI=1S/C14H10F2O2S/c15-14(16)19(18)12-6-5-10-9-4-2-1-3-8(9)7-11(10)13(12)17/h1-6,14,17H,7H2. The summed E-state index contributed by atoms with van der Waals surface area (Å²) < 4.78 is 36.4. The first-order valence-electron chi connectivity index (χ1n) is 5.71. The summed E-state index contributed by atoms with van der Waals surface area (Å²) in [5.41, 5.74) is 3.42. The molecule has 0 aromatic heterocycles. The van der Waals surface area contributed by atoms with Gasteiger partial charge in [0, 0.05) is 12.0 Å². The molecule has 98 valence electrons. The van der Waals surface area contributed by atoms with Crippen LogP contribution in [0.2, 0.25) is 0 Å². The van der Waals surface area contributed by atoms with Crippen LogP contribution in [0.25, 0.3) is 11.1 Å². The minimum absolute atomic E-state index is 0.193. The number of hydrogen-bond acceptors (Lipinski definition) is 2. The summed E-state index contributed by atoms with van der Waals surface area (Å²) >= 11 is 0. The van der Waals surface area contributed by atoms with Gasteiger partial charge in [0.15, 0.2) is 0 Å². The molecule has 0 heterocycles. The second-order valence-corrected chi connectivity index (χ2v) is 5.72. The lowest BCUT2D eigenvalue weighted by atomic mass is 10.1. The first-order valence-corrected chi connectivity index (χ1v) is 6.92. The number of halogens is 2. The first-order chi connectivity index (χ1) is 9.09. The molecule has 1 N–H and O–H groups in total. The maximum atomic E-state index is 12.5. The van der Waals surface area contributed by atoms with Gasteiger partial charge in [0.05, 0.1) is 4.90 Å². The van der Waals surface area contributed by atoms with Crippen LogP contribution in [0.4, 0.5) is 8.78 Å². The minimum atomic E-state index is -2.99. The van der Waals surface area contributed by atoms with Gasteiger partial charge in [0.25, 0.3) is 0 Å². The fourth-order valence-electron chi connectivity index (χ4n) is 2.43. The average Bonchev–Trinajstić information content (AvgIpc) is 2.78. The fraction of sp³-hybridized carbons (Fsp3) is 0.143. The van der Waals surface area contributed by atoms with E-state index in [2.05, 4.69) is 0 Å². The van der Waals surface area contributed by atoms with Gasteiger partial charge in [-0.05, 0) is 22.8 Å². The maximum absolute atomic E-state index is 12.5. The Hall–Kier alpha value is -1.75. The number of rotatable bonds is 2. The zero-order valence-corrected chi connectivity index (χ0v) is 10.6. The number of fused-ring (bicyclic) bond motifs is 3. The Kier molecular flexibility index (Phi) is 2.86. The topological polar surface area (TPSA) is 37.3 Å². The zero-order valence-electron chi connectivity index (χ0n) is 9.77. The molecule has 5 heteroatoms. The highest BCUT2D eigenvalue weighted by molar-refractivity contribution is 7.85. The van der Waals surface area contributed by atoms with Crippen molar-refractivity contribution in [2.45, 2.75) is 17.1 Å². The van der Waals surface area contributed by atoms with Crippen LogP contribution >= 0.6 is 0 Å². The lowest BCUT2D eigenvalue weighted by Gasteiger charge is -2.08. The third-order valence-corrected chi connectivity index (χ3v) is 4.39. The van der Waals surface area contributed by atoms with Crippen LogP contribution in [-0.4, -0.2) is 15.1 Å². The highest BCUT2D eigenvalue weighted by Gasteiger charge is 2.26. The molecule has 1 aliphatic carbocycles. The summed E-state index contributed by atoms with van der Waals surface area (Å²) in [6.45, 7) is 0. The van der Waals surface area contributed by atoms with Crippen LogP contribution in [0.15, 0.2) is 41.3 Å². The van der Waals surface area contributed by atoms with Crippen molar-refractivity contribution >= 4 is 10.8 Å². The van der Waals surface area contributed by atoms with Crippen molar-refractivity contribution in [3.8, 4) is 16.9 Å². The van der Waals surface area contributed by atoms with Gasteiger partial charge in [-0.2, -0.15) is 8.78 Å². The molecule has 2 aromatic rings. The summed E-state index contributed by atoms with van der Waals surface area (Å²) in [5, 5.41) is 10.1. The third kappa shape index (κ3) is 1.85. The molecular formula is C14H10F2O2S. The Bertz CT molecular complexity index is 683. The molecule has 19 heavy (non-hydrogen) atoms. The van der Waals surface area contributed by atoms with E-state index < -0.39 is 16.6 Å². The van der Waals surface area contributed by atoms with Crippen molar-refractivity contribution in [2.24, 2.45) is 0 Å². The van der Waals surface area contributed by atoms with Crippen molar-refractivity contribution < 1.29 is 18.1 Å². The van der Waals surface area contributed by atoms with Crippen LogP contribution in [0, 0.1) is 0 Å². The third-order valence-electron chi connectivity index (χ3n) is 3.30. The van der Waals surface area contributed by atoms with E-state index in [-0.39, 0.29) is 10.6 Å². The quantitative estimate of drug-likeness (QED) is 0.782. The summed E-state index contributed by atoms with van der Waals surface area (Å²) in [7, 11) is -2.49. The molecule has 2 aromatic carbocycles. The molecule has 0 radical (unpaired) electrons. The zero-order chi connectivity index (χ0) is 13.6. The van der Waals surface area contributed by atoms with Gasteiger partial charge in [-0.15, -0.1) is 0 Å². The van der Waals surface area contributed by atoms with E-state index in [1.165, 1.54) is 6.07 Å².